The van der Waals surface area contributed by atoms with Gasteiger partial charge in [0.1, 0.15) is 11.6 Å². The van der Waals surface area contributed by atoms with Crippen LogP contribution < -0.4 is 4.74 Å². The Hall–Kier alpha value is -2.23. The van der Waals surface area contributed by atoms with Gasteiger partial charge in [0.25, 0.3) is 0 Å². The van der Waals surface area contributed by atoms with E-state index in [1.807, 2.05) is 0 Å². The smallest absolute Gasteiger partial charge is 0.465 e. The number of alkyl halides is 3. The van der Waals surface area contributed by atoms with Gasteiger partial charge in [-0.3, -0.25) is 0 Å². The van der Waals surface area contributed by atoms with E-state index in [2.05, 4.69) is 9.47 Å². The summed E-state index contributed by atoms with van der Waals surface area (Å²) in [5.74, 6) is -1.55. The minimum absolute atomic E-state index is 0.182. The van der Waals surface area contributed by atoms with Gasteiger partial charge in [0.05, 0.1) is 12.7 Å². The van der Waals surface area contributed by atoms with Crippen molar-refractivity contribution in [1.29, 1.82) is 5.26 Å². The topological polar surface area (TPSA) is 59.3 Å². The van der Waals surface area contributed by atoms with E-state index in [1.165, 1.54) is 12.1 Å². The van der Waals surface area contributed by atoms with E-state index in [-0.39, 0.29) is 17.5 Å². The summed E-state index contributed by atoms with van der Waals surface area (Å²) in [6, 6.07) is 4.09. The first-order valence-corrected chi connectivity index (χ1v) is 5.24. The maximum Gasteiger partial charge on any atom is 0.573 e. The van der Waals surface area contributed by atoms with Gasteiger partial charge in [-0.1, -0.05) is 13.0 Å². The van der Waals surface area contributed by atoms with Crippen LogP contribution in [0.5, 0.6) is 5.75 Å². The van der Waals surface area contributed by atoms with Crippen molar-refractivity contribution < 1.29 is 27.4 Å². The Balaban J connectivity index is 3.47. The van der Waals surface area contributed by atoms with Crippen LogP contribution in [0.25, 0.3) is 0 Å². The van der Waals surface area contributed by atoms with Crippen LogP contribution in [0.4, 0.5) is 13.2 Å². The first-order valence-electron chi connectivity index (χ1n) is 5.24. The molecule has 0 saturated heterocycles. The first kappa shape index (κ1) is 14.8. The Labute approximate surface area is 107 Å². The van der Waals surface area contributed by atoms with Crippen molar-refractivity contribution in [2.24, 2.45) is 0 Å². The summed E-state index contributed by atoms with van der Waals surface area (Å²) < 4.78 is 45.3. The molecule has 0 unspecified atom stereocenters. The highest BCUT2D eigenvalue weighted by molar-refractivity contribution is 5.93. The number of nitrogens with zero attached hydrogens (tertiary/aromatic N) is 1. The van der Waals surface area contributed by atoms with Crippen LogP contribution in [0.1, 0.15) is 28.4 Å². The van der Waals surface area contributed by atoms with Crippen molar-refractivity contribution in [1.82, 2.24) is 0 Å². The van der Waals surface area contributed by atoms with Crippen LogP contribution >= 0.6 is 0 Å². The van der Waals surface area contributed by atoms with Crippen molar-refractivity contribution in [3.63, 3.8) is 0 Å². The number of ether oxygens (including phenoxy) is 2. The molecular formula is C12H10F3NO3. The molecule has 1 rings (SSSR count). The SMILES string of the molecule is CCc1ccc(C(=O)OC)c(C#N)c1OC(F)(F)F. The van der Waals surface area contributed by atoms with Gasteiger partial charge in [0.2, 0.25) is 0 Å². The molecule has 4 nitrogen and oxygen atoms in total. The minimum atomic E-state index is -4.94. The number of hydrogen-bond donors (Lipinski definition) is 0. The Morgan fingerprint density at radius 2 is 2.05 bits per heavy atom. The van der Waals surface area contributed by atoms with Gasteiger partial charge in [0.15, 0.2) is 5.75 Å². The Kier molecular flexibility index (Phi) is 4.38. The van der Waals surface area contributed by atoms with Crippen molar-refractivity contribution in [3.8, 4) is 11.8 Å². The lowest BCUT2D eigenvalue weighted by atomic mass is 10.0. The Bertz CT molecular complexity index is 532. The van der Waals surface area contributed by atoms with Crippen molar-refractivity contribution in [3.05, 3.63) is 28.8 Å². The molecule has 0 aliphatic rings. The van der Waals surface area contributed by atoms with Crippen LogP contribution in [0.2, 0.25) is 0 Å². The van der Waals surface area contributed by atoms with Gasteiger partial charge in [-0.05, 0) is 18.1 Å². The zero-order valence-electron chi connectivity index (χ0n) is 10.2. The maximum atomic E-state index is 12.3. The van der Waals surface area contributed by atoms with E-state index in [0.29, 0.717) is 0 Å². The minimum Gasteiger partial charge on any atom is -0.465 e. The molecule has 19 heavy (non-hydrogen) atoms. The average Bonchev–Trinajstić information content (AvgIpc) is 2.35. The van der Waals surface area contributed by atoms with E-state index in [1.54, 1.807) is 13.0 Å². The summed E-state index contributed by atoms with van der Waals surface area (Å²) in [4.78, 5) is 11.4. The lowest BCUT2D eigenvalue weighted by molar-refractivity contribution is -0.275. The lowest BCUT2D eigenvalue weighted by Gasteiger charge is -2.15. The predicted molar refractivity (Wildman–Crippen MR) is 58.6 cm³/mol. The van der Waals surface area contributed by atoms with E-state index >= 15 is 0 Å². The third-order valence-corrected chi connectivity index (χ3v) is 2.36. The third kappa shape index (κ3) is 3.37. The van der Waals surface area contributed by atoms with Crippen LogP contribution in [-0.4, -0.2) is 19.4 Å². The summed E-state index contributed by atoms with van der Waals surface area (Å²) in [7, 11) is 1.07. The van der Waals surface area contributed by atoms with Crippen LogP contribution in [0.3, 0.4) is 0 Å². The zero-order valence-corrected chi connectivity index (χ0v) is 10.2. The van der Waals surface area contributed by atoms with Crippen molar-refractivity contribution >= 4 is 5.97 Å². The van der Waals surface area contributed by atoms with Gasteiger partial charge in [0, 0.05) is 0 Å². The number of hydrogen-bond acceptors (Lipinski definition) is 4. The largest absolute Gasteiger partial charge is 0.573 e. The van der Waals surface area contributed by atoms with Crippen LogP contribution in [0, 0.1) is 11.3 Å². The molecule has 0 heterocycles. The number of benzene rings is 1. The number of nitriles is 1. The molecule has 0 fully saturated rings. The van der Waals surface area contributed by atoms with Gasteiger partial charge >= 0.3 is 12.3 Å². The molecule has 0 N–H and O–H groups in total. The second-order valence-electron chi connectivity index (χ2n) is 3.48. The molecule has 0 amide bonds. The molecule has 0 atom stereocenters. The molecule has 0 bridgehead atoms. The number of methoxy groups -OCH3 is 1. The molecule has 0 saturated carbocycles. The summed E-state index contributed by atoms with van der Waals surface area (Å²) >= 11 is 0. The quantitative estimate of drug-likeness (QED) is 0.794. The predicted octanol–water partition coefficient (Wildman–Crippen LogP) is 2.81. The highest BCUT2D eigenvalue weighted by Gasteiger charge is 2.34. The fourth-order valence-electron chi connectivity index (χ4n) is 1.53. The number of aryl methyl sites for hydroxylation is 1. The summed E-state index contributed by atoms with van der Waals surface area (Å²) in [6.07, 6.45) is -4.72. The molecule has 0 spiro atoms. The Morgan fingerprint density at radius 1 is 1.42 bits per heavy atom. The first-order chi connectivity index (χ1) is 8.84. The monoisotopic (exact) mass is 273 g/mol. The lowest BCUT2D eigenvalue weighted by Crippen LogP contribution is -2.20. The van der Waals surface area contributed by atoms with Gasteiger partial charge < -0.3 is 9.47 Å². The van der Waals surface area contributed by atoms with E-state index in [9.17, 15) is 18.0 Å². The number of carbonyl (C=O) groups is 1. The molecule has 0 aromatic heterocycles. The maximum absolute atomic E-state index is 12.3. The molecule has 1 aromatic carbocycles. The van der Waals surface area contributed by atoms with Crippen molar-refractivity contribution in [2.45, 2.75) is 19.7 Å². The number of esters is 1. The standard InChI is InChI=1S/C12H10F3NO3/c1-3-7-4-5-8(11(17)18-2)9(6-16)10(7)19-12(13,14)15/h4-5H,3H2,1-2H3. The Morgan fingerprint density at radius 3 is 2.47 bits per heavy atom. The van der Waals surface area contributed by atoms with E-state index < -0.39 is 23.6 Å². The normalized spacial score (nSPS) is 10.7. The molecule has 102 valence electrons. The van der Waals surface area contributed by atoms with Crippen molar-refractivity contribution in [2.75, 3.05) is 7.11 Å². The zero-order chi connectivity index (χ0) is 14.6. The average molecular weight is 273 g/mol. The number of carbonyl (C=O) groups excluding carboxylic acids is 1. The fourth-order valence-corrected chi connectivity index (χ4v) is 1.53. The molecule has 0 radical (unpaired) electrons. The summed E-state index contributed by atoms with van der Waals surface area (Å²) in [6.45, 7) is 1.61. The second kappa shape index (κ2) is 5.61. The third-order valence-electron chi connectivity index (χ3n) is 2.36. The van der Waals surface area contributed by atoms with Crippen LogP contribution in [-0.2, 0) is 11.2 Å². The van der Waals surface area contributed by atoms with Crippen LogP contribution in [0.15, 0.2) is 12.1 Å². The number of rotatable bonds is 3. The van der Waals surface area contributed by atoms with E-state index in [4.69, 9.17) is 5.26 Å². The highest BCUT2D eigenvalue weighted by atomic mass is 19.4. The molecule has 1 aromatic rings. The fraction of sp³-hybridized carbons (Fsp3) is 0.333. The molecule has 7 heteroatoms. The van der Waals surface area contributed by atoms with Gasteiger partial charge in [-0.25, -0.2) is 4.79 Å². The summed E-state index contributed by atoms with van der Waals surface area (Å²) in [5.41, 5.74) is -0.563. The molecule has 0 aliphatic carbocycles. The van der Waals surface area contributed by atoms with Gasteiger partial charge in [-0.2, -0.15) is 5.26 Å². The second-order valence-corrected chi connectivity index (χ2v) is 3.48. The molecule has 0 aliphatic heterocycles. The summed E-state index contributed by atoms with van der Waals surface area (Å²) in [5, 5.41) is 8.96. The van der Waals surface area contributed by atoms with E-state index in [0.717, 1.165) is 7.11 Å². The highest BCUT2D eigenvalue weighted by Crippen LogP contribution is 2.32. The van der Waals surface area contributed by atoms with Gasteiger partial charge in [-0.15, -0.1) is 13.2 Å². The number of halogens is 3. The molecular weight excluding hydrogens is 263 g/mol.